The van der Waals surface area contributed by atoms with E-state index in [0.29, 0.717) is 24.5 Å². The van der Waals surface area contributed by atoms with E-state index in [2.05, 4.69) is 4.74 Å². The fourth-order valence-corrected chi connectivity index (χ4v) is 0.913. The maximum Gasteiger partial charge on any atom is 0.333 e. The summed E-state index contributed by atoms with van der Waals surface area (Å²) in [5.41, 5.74) is 0.713. The lowest BCUT2D eigenvalue weighted by Crippen LogP contribution is -1.94. The number of alkyl halides is 1. The highest BCUT2D eigenvalue weighted by Crippen LogP contribution is 2.12. The summed E-state index contributed by atoms with van der Waals surface area (Å²) in [6.45, 7) is 0.515. The monoisotopic (exact) mass is 146 g/mol. The van der Waals surface area contributed by atoms with Crippen molar-refractivity contribution < 1.29 is 9.53 Å². The number of halogens is 1. The Balaban J connectivity index is 2.59. The Morgan fingerprint density at radius 2 is 2.56 bits per heavy atom. The van der Waals surface area contributed by atoms with E-state index in [-0.39, 0.29) is 5.97 Å². The van der Waals surface area contributed by atoms with Crippen LogP contribution in [0.4, 0.5) is 0 Å². The van der Waals surface area contributed by atoms with Gasteiger partial charge in [-0.1, -0.05) is 6.08 Å². The van der Waals surface area contributed by atoms with E-state index in [1.165, 1.54) is 0 Å². The lowest BCUT2D eigenvalue weighted by molar-refractivity contribution is -0.135. The van der Waals surface area contributed by atoms with E-state index in [0.717, 1.165) is 0 Å². The summed E-state index contributed by atoms with van der Waals surface area (Å²) < 4.78 is 4.65. The second-order valence-electron chi connectivity index (χ2n) is 1.77. The van der Waals surface area contributed by atoms with Crippen molar-refractivity contribution in [1.29, 1.82) is 0 Å². The summed E-state index contributed by atoms with van der Waals surface area (Å²) in [6, 6.07) is 0. The van der Waals surface area contributed by atoms with Gasteiger partial charge in [-0.2, -0.15) is 0 Å². The van der Waals surface area contributed by atoms with Crippen LogP contribution in [0.1, 0.15) is 6.42 Å². The van der Waals surface area contributed by atoms with E-state index < -0.39 is 0 Å². The Bertz CT molecular complexity index is 151. The molecule has 3 heteroatoms. The number of hydrogen-bond acceptors (Lipinski definition) is 2. The molecule has 0 aliphatic carbocycles. The van der Waals surface area contributed by atoms with Crippen LogP contribution in [-0.2, 0) is 9.53 Å². The number of cyclic esters (lactones) is 1. The molecule has 0 spiro atoms. The molecular formula is C6H7ClO2. The Kier molecular flexibility index (Phi) is 2.11. The maximum atomic E-state index is 10.6. The fourth-order valence-electron chi connectivity index (χ4n) is 0.727. The van der Waals surface area contributed by atoms with Crippen LogP contribution < -0.4 is 0 Å². The van der Waals surface area contributed by atoms with Gasteiger partial charge in [0.15, 0.2) is 0 Å². The summed E-state index contributed by atoms with van der Waals surface area (Å²) in [5, 5.41) is 0. The van der Waals surface area contributed by atoms with Crippen molar-refractivity contribution in [2.75, 3.05) is 12.5 Å². The van der Waals surface area contributed by atoms with Gasteiger partial charge in [-0.25, -0.2) is 4.79 Å². The standard InChI is InChI=1S/C6H7ClO2/c7-3-1-5-2-4-9-6(5)8/h1H,2-4H2/b5-1-. The zero-order chi connectivity index (χ0) is 6.69. The Morgan fingerprint density at radius 1 is 1.78 bits per heavy atom. The van der Waals surface area contributed by atoms with Crippen LogP contribution in [0.3, 0.4) is 0 Å². The molecule has 0 radical (unpaired) electrons. The van der Waals surface area contributed by atoms with E-state index >= 15 is 0 Å². The molecule has 1 heterocycles. The number of ether oxygens (including phenoxy) is 1. The van der Waals surface area contributed by atoms with Crippen molar-refractivity contribution in [3.05, 3.63) is 11.6 Å². The summed E-state index contributed by atoms with van der Waals surface area (Å²) in [4.78, 5) is 10.6. The second-order valence-corrected chi connectivity index (χ2v) is 2.08. The third-order valence-electron chi connectivity index (χ3n) is 1.19. The zero-order valence-electron chi connectivity index (χ0n) is 4.89. The molecule has 0 aromatic rings. The normalized spacial score (nSPS) is 22.8. The number of allylic oxidation sites excluding steroid dienone is 1. The summed E-state index contributed by atoms with van der Waals surface area (Å²) in [5.74, 6) is 0.181. The van der Waals surface area contributed by atoms with Crippen LogP contribution in [0.15, 0.2) is 11.6 Å². The van der Waals surface area contributed by atoms with Crippen LogP contribution in [0, 0.1) is 0 Å². The minimum atomic E-state index is -0.212. The van der Waals surface area contributed by atoms with Crippen molar-refractivity contribution in [1.82, 2.24) is 0 Å². The highest BCUT2D eigenvalue weighted by Gasteiger charge is 2.17. The number of carbonyl (C=O) groups is 1. The Hall–Kier alpha value is -0.500. The van der Waals surface area contributed by atoms with Gasteiger partial charge in [-0.05, 0) is 0 Å². The topological polar surface area (TPSA) is 26.3 Å². The van der Waals surface area contributed by atoms with E-state index in [4.69, 9.17) is 11.6 Å². The molecule has 0 N–H and O–H groups in total. The molecule has 0 aromatic carbocycles. The number of rotatable bonds is 1. The molecule has 0 amide bonds. The maximum absolute atomic E-state index is 10.6. The molecule has 0 aromatic heterocycles. The number of hydrogen-bond donors (Lipinski definition) is 0. The molecule has 9 heavy (non-hydrogen) atoms. The molecule has 50 valence electrons. The average Bonchev–Trinajstić information content (AvgIpc) is 2.18. The molecule has 2 nitrogen and oxygen atoms in total. The van der Waals surface area contributed by atoms with Crippen LogP contribution in [0.5, 0.6) is 0 Å². The summed E-state index contributed by atoms with van der Waals surface area (Å²) in [7, 11) is 0. The first kappa shape index (κ1) is 6.62. The largest absolute Gasteiger partial charge is 0.462 e. The first-order chi connectivity index (χ1) is 4.34. The SMILES string of the molecule is O=C1OCC/C1=C/CCl. The second kappa shape index (κ2) is 2.87. The minimum Gasteiger partial charge on any atom is -0.462 e. The van der Waals surface area contributed by atoms with Crippen LogP contribution in [0.2, 0.25) is 0 Å². The van der Waals surface area contributed by atoms with Gasteiger partial charge in [0.05, 0.1) is 6.61 Å². The molecule has 1 aliphatic rings. The first-order valence-electron chi connectivity index (χ1n) is 2.76. The zero-order valence-corrected chi connectivity index (χ0v) is 5.65. The average molecular weight is 147 g/mol. The predicted molar refractivity (Wildman–Crippen MR) is 34.4 cm³/mol. The Morgan fingerprint density at radius 3 is 3.00 bits per heavy atom. The quantitative estimate of drug-likeness (QED) is 0.315. The molecule has 1 saturated heterocycles. The fraction of sp³-hybridized carbons (Fsp3) is 0.500. The summed E-state index contributed by atoms with van der Waals surface area (Å²) in [6.07, 6.45) is 2.41. The Labute approximate surface area is 58.4 Å². The predicted octanol–water partition coefficient (Wildman–Crippen LogP) is 1.10. The molecule has 0 unspecified atom stereocenters. The molecule has 0 atom stereocenters. The van der Waals surface area contributed by atoms with E-state index in [1.54, 1.807) is 6.08 Å². The van der Waals surface area contributed by atoms with E-state index in [1.807, 2.05) is 0 Å². The van der Waals surface area contributed by atoms with Gasteiger partial charge in [0, 0.05) is 17.9 Å². The minimum absolute atomic E-state index is 0.212. The van der Waals surface area contributed by atoms with Crippen LogP contribution in [0.25, 0.3) is 0 Å². The lowest BCUT2D eigenvalue weighted by atomic mass is 10.2. The molecule has 1 fully saturated rings. The first-order valence-corrected chi connectivity index (χ1v) is 3.30. The highest BCUT2D eigenvalue weighted by atomic mass is 35.5. The van der Waals surface area contributed by atoms with E-state index in [9.17, 15) is 4.79 Å². The highest BCUT2D eigenvalue weighted by molar-refractivity contribution is 6.19. The molecule has 0 bridgehead atoms. The lowest BCUT2D eigenvalue weighted by Gasteiger charge is -1.86. The van der Waals surface area contributed by atoms with Crippen LogP contribution in [-0.4, -0.2) is 18.5 Å². The number of carbonyl (C=O) groups excluding carboxylic acids is 1. The van der Waals surface area contributed by atoms with Gasteiger partial charge < -0.3 is 4.74 Å². The number of esters is 1. The van der Waals surface area contributed by atoms with Gasteiger partial charge in [-0.3, -0.25) is 0 Å². The van der Waals surface area contributed by atoms with Crippen molar-refractivity contribution in [2.24, 2.45) is 0 Å². The van der Waals surface area contributed by atoms with Crippen molar-refractivity contribution in [3.8, 4) is 0 Å². The van der Waals surface area contributed by atoms with Gasteiger partial charge in [0.1, 0.15) is 0 Å². The van der Waals surface area contributed by atoms with Crippen LogP contribution >= 0.6 is 11.6 Å². The van der Waals surface area contributed by atoms with Crippen molar-refractivity contribution in [3.63, 3.8) is 0 Å². The van der Waals surface area contributed by atoms with Gasteiger partial charge >= 0.3 is 5.97 Å². The van der Waals surface area contributed by atoms with Gasteiger partial charge in [0.25, 0.3) is 0 Å². The smallest absolute Gasteiger partial charge is 0.333 e. The molecular weight excluding hydrogens is 140 g/mol. The van der Waals surface area contributed by atoms with Crippen molar-refractivity contribution in [2.45, 2.75) is 6.42 Å². The third kappa shape index (κ3) is 1.45. The van der Waals surface area contributed by atoms with Crippen molar-refractivity contribution >= 4 is 17.6 Å². The van der Waals surface area contributed by atoms with Gasteiger partial charge in [0.2, 0.25) is 0 Å². The molecule has 1 aliphatic heterocycles. The summed E-state index contributed by atoms with van der Waals surface area (Å²) >= 11 is 5.36. The third-order valence-corrected chi connectivity index (χ3v) is 1.34. The molecule has 0 saturated carbocycles. The molecule has 1 rings (SSSR count). The van der Waals surface area contributed by atoms with Gasteiger partial charge in [-0.15, -0.1) is 11.6 Å².